The van der Waals surface area contributed by atoms with Crippen LogP contribution in [0.2, 0.25) is 0 Å². The zero-order valence-corrected chi connectivity index (χ0v) is 15.5. The van der Waals surface area contributed by atoms with Gasteiger partial charge in [0.1, 0.15) is 0 Å². The van der Waals surface area contributed by atoms with E-state index in [0.717, 1.165) is 43.7 Å². The average molecular weight is 347 g/mol. The fraction of sp³-hybridized carbons (Fsp3) is 0.684. The van der Waals surface area contributed by atoms with Crippen molar-refractivity contribution in [1.82, 2.24) is 14.8 Å². The van der Waals surface area contributed by atoms with E-state index in [1.54, 1.807) is 0 Å². The van der Waals surface area contributed by atoms with Crippen LogP contribution in [0.25, 0.3) is 0 Å². The molecular formula is C19H29N3O3. The fourth-order valence-electron chi connectivity index (χ4n) is 3.68. The number of piperidine rings is 1. The van der Waals surface area contributed by atoms with Gasteiger partial charge >= 0.3 is 0 Å². The first-order chi connectivity index (χ1) is 12.0. The Labute approximate surface area is 150 Å². The summed E-state index contributed by atoms with van der Waals surface area (Å²) in [6.07, 6.45) is 2.82. The van der Waals surface area contributed by atoms with Gasteiger partial charge in [-0.2, -0.15) is 0 Å². The summed E-state index contributed by atoms with van der Waals surface area (Å²) in [4.78, 5) is 20.5. The molecule has 1 spiro atoms. The Hall–Kier alpha value is -1.50. The number of likely N-dealkylation sites (N-methyl/N-ethyl adjacent to an activating group) is 1. The predicted octanol–water partition coefficient (Wildman–Crippen LogP) is 1.62. The lowest BCUT2D eigenvalue weighted by atomic mass is 9.88. The van der Waals surface area contributed by atoms with E-state index >= 15 is 0 Å². The molecule has 1 aromatic heterocycles. The Morgan fingerprint density at radius 3 is 2.84 bits per heavy atom. The molecule has 2 aliphatic heterocycles. The van der Waals surface area contributed by atoms with Crippen LogP contribution in [-0.4, -0.2) is 72.7 Å². The summed E-state index contributed by atoms with van der Waals surface area (Å²) in [5.41, 5.74) is 1.86. The second kappa shape index (κ2) is 7.81. The quantitative estimate of drug-likeness (QED) is 0.810. The number of hydrogen-bond donors (Lipinski definition) is 0. The molecule has 0 saturated carbocycles. The lowest BCUT2D eigenvalue weighted by Gasteiger charge is -2.39. The number of aromatic nitrogens is 1. The third kappa shape index (κ3) is 4.77. The molecule has 0 N–H and O–H groups in total. The summed E-state index contributed by atoms with van der Waals surface area (Å²) in [6.45, 7) is 5.18. The summed E-state index contributed by atoms with van der Waals surface area (Å²) in [5, 5.41) is 0. The van der Waals surface area contributed by atoms with Crippen molar-refractivity contribution in [2.24, 2.45) is 0 Å². The zero-order chi connectivity index (χ0) is 17.9. The van der Waals surface area contributed by atoms with Gasteiger partial charge in [0.05, 0.1) is 37.2 Å². The molecule has 6 nitrogen and oxygen atoms in total. The summed E-state index contributed by atoms with van der Waals surface area (Å²) in [5.74, 6) is 0.205. The minimum atomic E-state index is -0.112. The molecular weight excluding hydrogens is 318 g/mol. The van der Waals surface area contributed by atoms with E-state index in [2.05, 4.69) is 4.98 Å². The van der Waals surface area contributed by atoms with Crippen molar-refractivity contribution < 1.29 is 14.3 Å². The van der Waals surface area contributed by atoms with Crippen molar-refractivity contribution in [1.29, 1.82) is 0 Å². The second-order valence-electron chi connectivity index (χ2n) is 7.52. The minimum Gasteiger partial charge on any atom is -0.372 e. The van der Waals surface area contributed by atoms with Crippen LogP contribution in [-0.2, 0) is 20.9 Å². The number of amides is 1. The van der Waals surface area contributed by atoms with Gasteiger partial charge in [-0.05, 0) is 46.0 Å². The summed E-state index contributed by atoms with van der Waals surface area (Å²) in [7, 11) is 3.85. The van der Waals surface area contributed by atoms with Crippen LogP contribution in [0.15, 0.2) is 18.2 Å². The van der Waals surface area contributed by atoms with E-state index in [4.69, 9.17) is 9.47 Å². The molecule has 1 atom stereocenters. The Morgan fingerprint density at radius 1 is 1.40 bits per heavy atom. The number of likely N-dealkylation sites (tertiary alicyclic amines) is 1. The Morgan fingerprint density at radius 2 is 2.16 bits per heavy atom. The maximum Gasteiger partial charge on any atom is 0.236 e. The monoisotopic (exact) mass is 347 g/mol. The average Bonchev–Trinajstić information content (AvgIpc) is 2.96. The lowest BCUT2D eigenvalue weighted by molar-refractivity contribution is -0.136. The molecule has 0 bridgehead atoms. The van der Waals surface area contributed by atoms with Crippen LogP contribution < -0.4 is 0 Å². The molecule has 0 aliphatic carbocycles. The molecule has 3 rings (SSSR count). The van der Waals surface area contributed by atoms with Gasteiger partial charge in [-0.25, -0.2) is 0 Å². The first-order valence-electron chi connectivity index (χ1n) is 9.06. The maximum absolute atomic E-state index is 12.2. The topological polar surface area (TPSA) is 54.9 Å². The van der Waals surface area contributed by atoms with Crippen LogP contribution >= 0.6 is 0 Å². The first-order valence-corrected chi connectivity index (χ1v) is 9.06. The van der Waals surface area contributed by atoms with Crippen LogP contribution in [0.3, 0.4) is 0 Å². The number of aryl methyl sites for hydroxylation is 1. The van der Waals surface area contributed by atoms with Crippen molar-refractivity contribution in [3.8, 4) is 0 Å². The predicted molar refractivity (Wildman–Crippen MR) is 95.2 cm³/mol. The van der Waals surface area contributed by atoms with Crippen molar-refractivity contribution in [3.05, 3.63) is 29.6 Å². The van der Waals surface area contributed by atoms with Crippen molar-refractivity contribution in [2.75, 3.05) is 40.3 Å². The lowest BCUT2D eigenvalue weighted by Crippen LogP contribution is -2.48. The van der Waals surface area contributed by atoms with Gasteiger partial charge in [-0.15, -0.1) is 0 Å². The molecule has 0 unspecified atom stereocenters. The largest absolute Gasteiger partial charge is 0.372 e. The molecule has 25 heavy (non-hydrogen) atoms. The molecule has 138 valence electrons. The van der Waals surface area contributed by atoms with Gasteiger partial charge in [0.15, 0.2) is 0 Å². The normalized spacial score (nSPS) is 22.7. The number of nitrogens with zero attached hydrogens (tertiary/aromatic N) is 3. The maximum atomic E-state index is 12.2. The van der Waals surface area contributed by atoms with Crippen LogP contribution in [0.5, 0.6) is 0 Å². The highest BCUT2D eigenvalue weighted by Gasteiger charge is 2.43. The molecule has 1 aromatic rings. The van der Waals surface area contributed by atoms with Gasteiger partial charge in [0.2, 0.25) is 5.91 Å². The van der Waals surface area contributed by atoms with Crippen LogP contribution in [0.4, 0.5) is 0 Å². The molecule has 1 amide bonds. The number of rotatable bonds is 5. The molecule has 3 heterocycles. The molecule has 0 radical (unpaired) electrons. The molecule has 2 saturated heterocycles. The van der Waals surface area contributed by atoms with Crippen molar-refractivity contribution >= 4 is 5.91 Å². The summed E-state index contributed by atoms with van der Waals surface area (Å²) < 4.78 is 12.1. The van der Waals surface area contributed by atoms with E-state index in [0.29, 0.717) is 19.8 Å². The number of carbonyl (C=O) groups excluding carboxylic acids is 1. The number of carbonyl (C=O) groups is 1. The number of ether oxygens (including phenoxy) is 2. The van der Waals surface area contributed by atoms with Crippen molar-refractivity contribution in [3.63, 3.8) is 0 Å². The van der Waals surface area contributed by atoms with E-state index < -0.39 is 0 Å². The fourth-order valence-corrected chi connectivity index (χ4v) is 3.68. The third-order valence-corrected chi connectivity index (χ3v) is 5.07. The second-order valence-corrected chi connectivity index (χ2v) is 7.52. The van der Waals surface area contributed by atoms with E-state index in [-0.39, 0.29) is 17.6 Å². The highest BCUT2D eigenvalue weighted by atomic mass is 16.6. The standard InChI is InChI=1S/C19H29N3O3/c1-15-5-4-6-16(20-15)13-24-17-11-19(25-14-17)7-9-22(10-8-19)18(23)12-21(2)3/h4-6,17H,7-14H2,1-3H3/t17-/m0/s1. The SMILES string of the molecule is Cc1cccc(CO[C@@H]2COC3(CCN(C(=O)CN(C)C)CC3)C2)n1. The highest BCUT2D eigenvalue weighted by molar-refractivity contribution is 5.78. The van der Waals surface area contributed by atoms with Gasteiger partial charge in [0, 0.05) is 25.2 Å². The Kier molecular flexibility index (Phi) is 5.71. The smallest absolute Gasteiger partial charge is 0.236 e. The molecule has 2 aliphatic rings. The number of hydrogen-bond acceptors (Lipinski definition) is 5. The van der Waals surface area contributed by atoms with Gasteiger partial charge < -0.3 is 19.3 Å². The zero-order valence-electron chi connectivity index (χ0n) is 15.5. The molecule has 2 fully saturated rings. The Balaban J connectivity index is 1.46. The van der Waals surface area contributed by atoms with Gasteiger partial charge in [-0.3, -0.25) is 9.78 Å². The van der Waals surface area contributed by atoms with Crippen molar-refractivity contribution in [2.45, 2.75) is 44.5 Å². The van der Waals surface area contributed by atoms with Crippen LogP contribution in [0, 0.1) is 6.92 Å². The number of pyridine rings is 1. The van der Waals surface area contributed by atoms with Gasteiger partial charge in [-0.1, -0.05) is 6.07 Å². The van der Waals surface area contributed by atoms with E-state index in [1.165, 1.54) is 0 Å². The third-order valence-electron chi connectivity index (χ3n) is 5.07. The first kappa shape index (κ1) is 18.3. The Bertz CT molecular complexity index is 597. The minimum absolute atomic E-state index is 0.112. The van der Waals surface area contributed by atoms with Gasteiger partial charge in [0.25, 0.3) is 0 Å². The summed E-state index contributed by atoms with van der Waals surface area (Å²) in [6, 6.07) is 5.99. The molecule has 6 heteroatoms. The van der Waals surface area contributed by atoms with E-state index in [1.807, 2.05) is 49.0 Å². The molecule has 0 aromatic carbocycles. The highest BCUT2D eigenvalue weighted by Crippen LogP contribution is 2.37. The van der Waals surface area contributed by atoms with E-state index in [9.17, 15) is 4.79 Å². The summed E-state index contributed by atoms with van der Waals surface area (Å²) >= 11 is 0. The van der Waals surface area contributed by atoms with Crippen LogP contribution in [0.1, 0.15) is 30.7 Å².